The molecule has 2 heterocycles. The third-order valence-electron chi connectivity index (χ3n) is 3.67. The van der Waals surface area contributed by atoms with Crippen LogP contribution in [0.3, 0.4) is 0 Å². The minimum atomic E-state index is -1.06. The zero-order valence-electron chi connectivity index (χ0n) is 16.5. The summed E-state index contributed by atoms with van der Waals surface area (Å²) < 4.78 is 20.3. The molecule has 0 atom stereocenters. The lowest BCUT2D eigenvalue weighted by Gasteiger charge is -2.17. The highest BCUT2D eigenvalue weighted by atomic mass is 79.9. The van der Waals surface area contributed by atoms with E-state index < -0.39 is 17.5 Å². The zero-order chi connectivity index (χ0) is 22.3. The fraction of sp³-hybridized carbons (Fsp3) is 0.300. The van der Waals surface area contributed by atoms with Crippen molar-refractivity contribution in [3.63, 3.8) is 0 Å². The van der Waals surface area contributed by atoms with Crippen molar-refractivity contribution in [2.75, 3.05) is 18.5 Å². The van der Waals surface area contributed by atoms with E-state index in [4.69, 9.17) is 20.7 Å². The number of nitrogens with one attached hydrogen (secondary N) is 1. The Morgan fingerprint density at radius 1 is 1.40 bits per heavy atom. The number of nitrogens with zero attached hydrogens (tertiary/aromatic N) is 1. The summed E-state index contributed by atoms with van der Waals surface area (Å²) in [7, 11) is 0. The van der Waals surface area contributed by atoms with E-state index in [-0.39, 0.29) is 12.3 Å². The van der Waals surface area contributed by atoms with E-state index in [1.165, 1.54) is 17.4 Å². The molecule has 3 aromatic rings. The lowest BCUT2D eigenvalue weighted by atomic mass is 10.2. The second kappa shape index (κ2) is 10.8. The first-order valence-corrected chi connectivity index (χ1v) is 10.6. The highest BCUT2D eigenvalue weighted by molar-refractivity contribution is 9.10. The summed E-state index contributed by atoms with van der Waals surface area (Å²) in [5.41, 5.74) is 6.18. The number of carbonyl (C=O) groups excluding carboxylic acids is 1. The Morgan fingerprint density at radius 2 is 2.13 bits per heavy atom. The molecule has 0 radical (unpaired) electrons. The van der Waals surface area contributed by atoms with Crippen LogP contribution in [0.15, 0.2) is 41.1 Å². The number of aromatic nitrogens is 1. The van der Waals surface area contributed by atoms with Crippen LogP contribution in [0.1, 0.15) is 29.9 Å². The Labute approximate surface area is 185 Å². The van der Waals surface area contributed by atoms with E-state index in [1.54, 1.807) is 44.4 Å². The van der Waals surface area contributed by atoms with Crippen molar-refractivity contribution in [3.8, 4) is 0 Å². The normalized spacial score (nSPS) is 11.1. The minimum absolute atomic E-state index is 0.107. The number of benzene rings is 1. The minimum Gasteiger partial charge on any atom is -0.396 e. The molecule has 1 amide bonds. The third-order valence-corrected chi connectivity index (χ3v) is 5.31. The van der Waals surface area contributed by atoms with Crippen LogP contribution in [0.2, 0.25) is 0 Å². The number of thiophene rings is 1. The number of ether oxygens (including phenoxy) is 1. The van der Waals surface area contributed by atoms with Crippen LogP contribution in [0, 0.1) is 5.82 Å². The summed E-state index contributed by atoms with van der Waals surface area (Å²) in [6, 6.07) is 6.42. The fourth-order valence-corrected chi connectivity index (χ4v) is 3.67. The molecule has 0 saturated heterocycles. The monoisotopic (exact) mass is 499 g/mol. The Morgan fingerprint density at radius 3 is 2.73 bits per heavy atom. The first-order valence-electron chi connectivity index (χ1n) is 8.98. The van der Waals surface area contributed by atoms with Crippen molar-refractivity contribution < 1.29 is 24.1 Å². The number of aliphatic hydroxyl groups is 2. The summed E-state index contributed by atoms with van der Waals surface area (Å²) in [4.78, 5) is 16.0. The molecular formula is C20H23BrFN3O4S. The molecule has 0 saturated carbocycles. The number of carbonyl (C=O) groups is 1. The summed E-state index contributed by atoms with van der Waals surface area (Å²) in [5, 5.41) is 21.0. The van der Waals surface area contributed by atoms with E-state index in [0.717, 1.165) is 10.1 Å². The van der Waals surface area contributed by atoms with Crippen LogP contribution >= 0.6 is 27.3 Å². The van der Waals surface area contributed by atoms with Gasteiger partial charge in [-0.15, -0.1) is 11.3 Å². The number of primary amides is 1. The highest BCUT2D eigenvalue weighted by Crippen LogP contribution is 2.37. The molecule has 7 nitrogen and oxygen atoms in total. The van der Waals surface area contributed by atoms with Crippen molar-refractivity contribution in [2.24, 2.45) is 5.73 Å². The number of hydrogen-bond donors (Lipinski definition) is 4. The maximum atomic E-state index is 14.0. The van der Waals surface area contributed by atoms with Gasteiger partial charge in [0.25, 0.3) is 5.91 Å². The highest BCUT2D eigenvalue weighted by Gasteiger charge is 2.17. The molecule has 5 N–H and O–H groups in total. The molecule has 2 aromatic heterocycles. The van der Waals surface area contributed by atoms with Gasteiger partial charge in [-0.2, -0.15) is 0 Å². The maximum Gasteiger partial charge on any atom is 0.260 e. The summed E-state index contributed by atoms with van der Waals surface area (Å²) in [6.07, 6.45) is 3.84. The van der Waals surface area contributed by atoms with Crippen molar-refractivity contribution in [1.29, 1.82) is 0 Å². The van der Waals surface area contributed by atoms with Gasteiger partial charge in [0.15, 0.2) is 5.79 Å². The van der Waals surface area contributed by atoms with E-state index in [0.29, 0.717) is 28.1 Å². The van der Waals surface area contributed by atoms with Gasteiger partial charge in [-0.05, 0) is 44.5 Å². The van der Waals surface area contributed by atoms with E-state index in [9.17, 15) is 9.18 Å². The van der Waals surface area contributed by atoms with Crippen LogP contribution < -0.4 is 11.1 Å². The van der Waals surface area contributed by atoms with Gasteiger partial charge in [-0.25, -0.2) is 4.39 Å². The SMILES string of the molecule is CC(C)(O)OCCCO.NC(=O)c1sc2cnccc2c1Nc1ccc(Br)cc1F. The number of halogens is 2. The summed E-state index contributed by atoms with van der Waals surface area (Å²) >= 11 is 4.43. The first-order chi connectivity index (χ1) is 14.1. The molecule has 1 aromatic carbocycles. The molecule has 0 unspecified atom stereocenters. The largest absolute Gasteiger partial charge is 0.396 e. The number of fused-ring (bicyclic) bond motifs is 1. The Hall–Kier alpha value is -2.11. The predicted molar refractivity (Wildman–Crippen MR) is 119 cm³/mol. The van der Waals surface area contributed by atoms with E-state index in [2.05, 4.69) is 26.2 Å². The topological polar surface area (TPSA) is 118 Å². The van der Waals surface area contributed by atoms with Crippen LogP contribution in [0.25, 0.3) is 10.1 Å². The average molecular weight is 500 g/mol. The number of amides is 1. The predicted octanol–water partition coefficient (Wildman–Crippen LogP) is 4.15. The van der Waals surface area contributed by atoms with Crippen molar-refractivity contribution in [1.82, 2.24) is 4.98 Å². The summed E-state index contributed by atoms with van der Waals surface area (Å²) in [5.74, 6) is -2.04. The van der Waals surface area contributed by atoms with Crippen molar-refractivity contribution in [3.05, 3.63) is 51.8 Å². The fourth-order valence-electron chi connectivity index (χ4n) is 2.36. The second-order valence-electron chi connectivity index (χ2n) is 6.66. The maximum absolute atomic E-state index is 14.0. The van der Waals surface area contributed by atoms with Gasteiger partial charge in [0.05, 0.1) is 22.7 Å². The number of anilines is 2. The lowest BCUT2D eigenvalue weighted by molar-refractivity contribution is -0.177. The molecular weight excluding hydrogens is 477 g/mol. The first kappa shape index (κ1) is 24.2. The number of rotatable bonds is 7. The number of aliphatic hydroxyl groups excluding tert-OH is 1. The van der Waals surface area contributed by atoms with Gasteiger partial charge in [-0.3, -0.25) is 9.78 Å². The van der Waals surface area contributed by atoms with E-state index in [1.807, 2.05) is 0 Å². The molecule has 0 aliphatic heterocycles. The zero-order valence-corrected chi connectivity index (χ0v) is 18.9. The molecule has 0 fully saturated rings. The Balaban J connectivity index is 0.000000303. The van der Waals surface area contributed by atoms with Gasteiger partial charge in [0.2, 0.25) is 0 Å². The van der Waals surface area contributed by atoms with Crippen LogP contribution in [-0.4, -0.2) is 40.1 Å². The van der Waals surface area contributed by atoms with Gasteiger partial charge < -0.3 is 26.0 Å². The molecule has 0 spiro atoms. The van der Waals surface area contributed by atoms with Gasteiger partial charge in [-0.1, -0.05) is 15.9 Å². The number of pyridine rings is 1. The quantitative estimate of drug-likeness (QED) is 0.286. The van der Waals surface area contributed by atoms with Gasteiger partial charge in [0, 0.05) is 28.9 Å². The molecule has 0 aliphatic carbocycles. The molecule has 3 rings (SSSR count). The van der Waals surface area contributed by atoms with Gasteiger partial charge >= 0.3 is 0 Å². The standard InChI is InChI=1S/C14H9BrFN3OS.C6H14O3/c15-7-1-2-10(9(16)5-7)19-12-8-3-4-18-6-11(8)21-13(12)14(17)20;1-6(2,8)9-5-3-4-7/h1-6,19H,(H2,17,20);7-8H,3-5H2,1-2H3. The Bertz CT molecular complexity index is 1010. The summed E-state index contributed by atoms with van der Waals surface area (Å²) in [6.45, 7) is 3.63. The van der Waals surface area contributed by atoms with Crippen molar-refractivity contribution >= 4 is 54.6 Å². The van der Waals surface area contributed by atoms with Crippen LogP contribution in [0.5, 0.6) is 0 Å². The molecule has 30 heavy (non-hydrogen) atoms. The van der Waals surface area contributed by atoms with Crippen molar-refractivity contribution in [2.45, 2.75) is 26.1 Å². The third kappa shape index (κ3) is 6.99. The van der Waals surface area contributed by atoms with Crippen LogP contribution in [-0.2, 0) is 4.74 Å². The smallest absolute Gasteiger partial charge is 0.260 e. The molecule has 10 heteroatoms. The lowest BCUT2D eigenvalue weighted by Crippen LogP contribution is -2.23. The number of nitrogens with two attached hydrogens (primary N) is 1. The second-order valence-corrected chi connectivity index (χ2v) is 8.63. The Kier molecular flexibility index (Phi) is 8.68. The van der Waals surface area contributed by atoms with Gasteiger partial charge in [0.1, 0.15) is 10.7 Å². The molecule has 0 aliphatic rings. The number of hydrogen-bond acceptors (Lipinski definition) is 7. The molecule has 0 bridgehead atoms. The van der Waals surface area contributed by atoms with E-state index >= 15 is 0 Å². The average Bonchev–Trinajstić information content (AvgIpc) is 3.03. The van der Waals surface area contributed by atoms with Crippen LogP contribution in [0.4, 0.5) is 15.8 Å². The molecule has 162 valence electrons.